The first-order valence-corrected chi connectivity index (χ1v) is 4.11. The molecule has 0 saturated carbocycles. The first-order chi connectivity index (χ1) is 5.81. The Morgan fingerprint density at radius 3 is 3.00 bits per heavy atom. The van der Waals surface area contributed by atoms with Gasteiger partial charge in [0, 0.05) is 22.0 Å². The average Bonchev–Trinajstić information content (AvgIpc) is 2.47. The van der Waals surface area contributed by atoms with Crippen molar-refractivity contribution in [3.63, 3.8) is 0 Å². The molecule has 2 aromatic rings. The van der Waals surface area contributed by atoms with E-state index in [0.717, 1.165) is 15.8 Å². The van der Waals surface area contributed by atoms with Crippen molar-refractivity contribution in [2.75, 3.05) is 0 Å². The third-order valence-corrected chi connectivity index (χ3v) is 2.25. The summed E-state index contributed by atoms with van der Waals surface area (Å²) in [6, 6.07) is 5.45. The number of benzene rings is 1. The highest BCUT2D eigenvalue weighted by molar-refractivity contribution is 7.80. The number of fused-ring (bicyclic) bond motifs is 1. The molecular formula is C9H8FNS. The van der Waals surface area contributed by atoms with Crippen LogP contribution in [0.25, 0.3) is 10.9 Å². The topological polar surface area (TPSA) is 15.8 Å². The lowest BCUT2D eigenvalue weighted by Crippen LogP contribution is -1.77. The van der Waals surface area contributed by atoms with E-state index in [2.05, 4.69) is 17.6 Å². The van der Waals surface area contributed by atoms with Gasteiger partial charge in [-0.25, -0.2) is 4.39 Å². The van der Waals surface area contributed by atoms with Crippen LogP contribution in [-0.2, 0) is 6.67 Å². The van der Waals surface area contributed by atoms with E-state index < -0.39 is 6.67 Å². The average molecular weight is 181 g/mol. The van der Waals surface area contributed by atoms with E-state index in [1.165, 1.54) is 0 Å². The predicted molar refractivity (Wildman–Crippen MR) is 50.4 cm³/mol. The second-order valence-electron chi connectivity index (χ2n) is 2.69. The van der Waals surface area contributed by atoms with Gasteiger partial charge in [-0.3, -0.25) is 0 Å². The van der Waals surface area contributed by atoms with Crippen molar-refractivity contribution in [1.82, 2.24) is 4.98 Å². The second kappa shape index (κ2) is 2.83. The lowest BCUT2D eigenvalue weighted by atomic mass is 10.2. The van der Waals surface area contributed by atoms with Crippen LogP contribution in [0.4, 0.5) is 4.39 Å². The molecule has 2 rings (SSSR count). The summed E-state index contributed by atoms with van der Waals surface area (Å²) < 4.78 is 12.2. The summed E-state index contributed by atoms with van der Waals surface area (Å²) in [5.41, 5.74) is 1.63. The molecule has 0 unspecified atom stereocenters. The Bertz CT molecular complexity index is 408. The van der Waals surface area contributed by atoms with Crippen LogP contribution in [-0.4, -0.2) is 4.98 Å². The van der Waals surface area contributed by atoms with Gasteiger partial charge in [0.05, 0.1) is 0 Å². The van der Waals surface area contributed by atoms with E-state index in [1.54, 1.807) is 18.3 Å². The van der Waals surface area contributed by atoms with E-state index >= 15 is 0 Å². The number of nitrogens with one attached hydrogen (secondary N) is 1. The monoisotopic (exact) mass is 181 g/mol. The van der Waals surface area contributed by atoms with Gasteiger partial charge < -0.3 is 4.98 Å². The SMILES string of the molecule is FCc1ccc2c(S)c[nH]c2c1. The zero-order chi connectivity index (χ0) is 8.55. The summed E-state index contributed by atoms with van der Waals surface area (Å²) in [6.45, 7) is -0.420. The highest BCUT2D eigenvalue weighted by atomic mass is 32.1. The van der Waals surface area contributed by atoms with Gasteiger partial charge in [0.15, 0.2) is 0 Å². The normalized spacial score (nSPS) is 10.8. The minimum absolute atomic E-state index is 0.420. The molecule has 0 aliphatic carbocycles. The largest absolute Gasteiger partial charge is 0.360 e. The Morgan fingerprint density at radius 2 is 2.25 bits per heavy atom. The molecule has 62 valence electrons. The van der Waals surface area contributed by atoms with Gasteiger partial charge in [0.25, 0.3) is 0 Å². The van der Waals surface area contributed by atoms with E-state index in [0.29, 0.717) is 5.56 Å². The third kappa shape index (κ3) is 1.10. The number of thiol groups is 1. The van der Waals surface area contributed by atoms with Crippen molar-refractivity contribution < 1.29 is 4.39 Å². The maximum atomic E-state index is 12.2. The van der Waals surface area contributed by atoms with Crippen LogP contribution in [0, 0.1) is 0 Å². The smallest absolute Gasteiger partial charge is 0.115 e. The van der Waals surface area contributed by atoms with Crippen molar-refractivity contribution in [2.45, 2.75) is 11.6 Å². The summed E-state index contributed by atoms with van der Waals surface area (Å²) in [6.07, 6.45) is 1.80. The molecule has 0 bridgehead atoms. The molecule has 1 N–H and O–H groups in total. The fraction of sp³-hybridized carbons (Fsp3) is 0.111. The van der Waals surface area contributed by atoms with E-state index in [-0.39, 0.29) is 0 Å². The molecule has 0 fully saturated rings. The number of halogens is 1. The molecule has 1 heterocycles. The van der Waals surface area contributed by atoms with Crippen LogP contribution in [0.15, 0.2) is 29.3 Å². The number of rotatable bonds is 1. The molecule has 0 atom stereocenters. The Kier molecular flexibility index (Phi) is 1.81. The minimum atomic E-state index is -0.420. The van der Waals surface area contributed by atoms with Gasteiger partial charge >= 0.3 is 0 Å². The number of H-pyrrole nitrogens is 1. The first kappa shape index (κ1) is 7.68. The van der Waals surface area contributed by atoms with Crippen LogP contribution < -0.4 is 0 Å². The molecule has 0 aliphatic heterocycles. The summed E-state index contributed by atoms with van der Waals surface area (Å²) >= 11 is 4.24. The number of alkyl halides is 1. The highest BCUT2D eigenvalue weighted by Crippen LogP contribution is 2.22. The van der Waals surface area contributed by atoms with Gasteiger partial charge in [-0.15, -0.1) is 12.6 Å². The second-order valence-corrected chi connectivity index (χ2v) is 3.17. The maximum absolute atomic E-state index is 12.2. The number of hydrogen-bond donors (Lipinski definition) is 2. The lowest BCUT2D eigenvalue weighted by Gasteiger charge is -1.94. The van der Waals surface area contributed by atoms with Crippen molar-refractivity contribution in [3.05, 3.63) is 30.0 Å². The molecule has 0 spiro atoms. The highest BCUT2D eigenvalue weighted by Gasteiger charge is 2.00. The number of aromatic amines is 1. The maximum Gasteiger partial charge on any atom is 0.115 e. The minimum Gasteiger partial charge on any atom is -0.360 e. The molecule has 12 heavy (non-hydrogen) atoms. The van der Waals surface area contributed by atoms with Crippen molar-refractivity contribution >= 4 is 23.5 Å². The van der Waals surface area contributed by atoms with Gasteiger partial charge in [-0.1, -0.05) is 12.1 Å². The Balaban J connectivity index is 2.69. The molecule has 0 amide bonds. The first-order valence-electron chi connectivity index (χ1n) is 3.66. The van der Waals surface area contributed by atoms with E-state index in [9.17, 15) is 4.39 Å². The van der Waals surface area contributed by atoms with Crippen molar-refractivity contribution in [3.8, 4) is 0 Å². The quantitative estimate of drug-likeness (QED) is 0.629. The van der Waals surface area contributed by atoms with Gasteiger partial charge in [-0.2, -0.15) is 0 Å². The van der Waals surface area contributed by atoms with E-state index in [4.69, 9.17) is 0 Å². The van der Waals surface area contributed by atoms with Crippen LogP contribution in [0.1, 0.15) is 5.56 Å². The van der Waals surface area contributed by atoms with Crippen LogP contribution in [0.3, 0.4) is 0 Å². The molecule has 0 saturated heterocycles. The fourth-order valence-electron chi connectivity index (χ4n) is 1.24. The van der Waals surface area contributed by atoms with Crippen molar-refractivity contribution in [2.24, 2.45) is 0 Å². The van der Waals surface area contributed by atoms with Crippen LogP contribution in [0.5, 0.6) is 0 Å². The molecule has 0 aliphatic rings. The van der Waals surface area contributed by atoms with E-state index in [1.807, 2.05) is 6.07 Å². The van der Waals surface area contributed by atoms with Crippen LogP contribution >= 0.6 is 12.6 Å². The van der Waals surface area contributed by atoms with Crippen molar-refractivity contribution in [1.29, 1.82) is 0 Å². The van der Waals surface area contributed by atoms with Gasteiger partial charge in [0.2, 0.25) is 0 Å². The fourth-order valence-corrected chi connectivity index (χ4v) is 1.50. The Morgan fingerprint density at radius 1 is 1.42 bits per heavy atom. The zero-order valence-corrected chi connectivity index (χ0v) is 7.24. The molecular weight excluding hydrogens is 173 g/mol. The molecule has 1 aromatic heterocycles. The summed E-state index contributed by atoms with van der Waals surface area (Å²) in [5, 5.41) is 1.04. The number of aromatic nitrogens is 1. The zero-order valence-electron chi connectivity index (χ0n) is 6.34. The summed E-state index contributed by atoms with van der Waals surface area (Å²) in [4.78, 5) is 3.92. The Labute approximate surface area is 75.0 Å². The third-order valence-electron chi connectivity index (χ3n) is 1.88. The molecule has 0 radical (unpaired) electrons. The summed E-state index contributed by atoms with van der Waals surface area (Å²) in [5.74, 6) is 0. The standard InChI is InChI=1S/C9H8FNS/c10-4-6-1-2-7-8(3-6)11-5-9(7)12/h1-3,5,11-12H,4H2. The molecule has 1 aromatic carbocycles. The Hall–Kier alpha value is -0.960. The summed E-state index contributed by atoms with van der Waals surface area (Å²) in [7, 11) is 0. The van der Waals surface area contributed by atoms with Gasteiger partial charge in [-0.05, 0) is 11.6 Å². The van der Waals surface area contributed by atoms with Gasteiger partial charge in [0.1, 0.15) is 6.67 Å². The number of hydrogen-bond acceptors (Lipinski definition) is 1. The molecule has 1 nitrogen and oxygen atoms in total. The van der Waals surface area contributed by atoms with Crippen LogP contribution in [0.2, 0.25) is 0 Å². The molecule has 3 heteroatoms. The predicted octanol–water partition coefficient (Wildman–Crippen LogP) is 2.93. The lowest BCUT2D eigenvalue weighted by molar-refractivity contribution is 0.485.